The minimum atomic E-state index is -1.47. The number of nitrogens with zero attached hydrogens (tertiary/aromatic N) is 1. The Morgan fingerprint density at radius 2 is 2.04 bits per heavy atom. The quantitative estimate of drug-likeness (QED) is 0.686. The highest BCUT2D eigenvalue weighted by molar-refractivity contribution is 5.86. The van der Waals surface area contributed by atoms with Crippen LogP contribution in [0.2, 0.25) is 0 Å². The minimum Gasteiger partial charge on any atom is -0.379 e. The maximum absolute atomic E-state index is 12.6. The summed E-state index contributed by atoms with van der Waals surface area (Å²) in [5.74, 6) is -0.334. The molecule has 0 bridgehead atoms. The number of rotatable bonds is 7. The van der Waals surface area contributed by atoms with Crippen molar-refractivity contribution in [3.8, 4) is 0 Å². The van der Waals surface area contributed by atoms with E-state index in [1.807, 2.05) is 12.1 Å². The maximum Gasteiger partial charge on any atom is 0.256 e. The maximum atomic E-state index is 12.6. The summed E-state index contributed by atoms with van der Waals surface area (Å²) in [7, 11) is 0. The van der Waals surface area contributed by atoms with E-state index in [1.54, 1.807) is 4.90 Å². The molecular formula is C18H27N3O3. The van der Waals surface area contributed by atoms with Crippen molar-refractivity contribution < 1.29 is 14.7 Å². The third-order valence-corrected chi connectivity index (χ3v) is 4.44. The van der Waals surface area contributed by atoms with Crippen LogP contribution in [-0.4, -0.2) is 47.1 Å². The lowest BCUT2D eigenvalue weighted by Crippen LogP contribution is -2.58. The molecule has 6 heteroatoms. The molecule has 0 spiro atoms. The fourth-order valence-corrected chi connectivity index (χ4v) is 3.00. The minimum absolute atomic E-state index is 0.0392. The van der Waals surface area contributed by atoms with E-state index < -0.39 is 11.5 Å². The predicted octanol–water partition coefficient (Wildman–Crippen LogP) is 0.738. The molecule has 132 valence electrons. The van der Waals surface area contributed by atoms with Crippen molar-refractivity contribution in [1.29, 1.82) is 0 Å². The van der Waals surface area contributed by atoms with Crippen molar-refractivity contribution in [3.05, 3.63) is 35.4 Å². The summed E-state index contributed by atoms with van der Waals surface area (Å²) in [4.78, 5) is 25.1. The first-order valence-corrected chi connectivity index (χ1v) is 8.41. The second-order valence-corrected chi connectivity index (χ2v) is 6.83. The Hall–Kier alpha value is -1.92. The third kappa shape index (κ3) is 4.55. The second kappa shape index (κ2) is 7.77. The summed E-state index contributed by atoms with van der Waals surface area (Å²) in [5, 5.41) is 13.4. The number of amides is 2. The Morgan fingerprint density at radius 3 is 2.62 bits per heavy atom. The molecule has 1 aliphatic rings. The van der Waals surface area contributed by atoms with Crippen LogP contribution in [0.4, 0.5) is 0 Å². The van der Waals surface area contributed by atoms with Gasteiger partial charge in [-0.05, 0) is 29.9 Å². The van der Waals surface area contributed by atoms with Crippen molar-refractivity contribution >= 4 is 11.8 Å². The largest absolute Gasteiger partial charge is 0.379 e. The molecule has 1 heterocycles. The standard InChI is InChI=1S/C18H27N3O3/c1-13(2)15-6-4-14(5-7-15)11-21-9-3-8-18(24,17(21)23)12-20-10-16(19)22/h4-7,13,20,24H,3,8-12H2,1-2H3,(H2,19,22). The number of aliphatic hydroxyl groups is 1. The molecule has 2 amide bonds. The van der Waals surface area contributed by atoms with E-state index in [4.69, 9.17) is 5.73 Å². The van der Waals surface area contributed by atoms with Gasteiger partial charge in [0.1, 0.15) is 0 Å². The average molecular weight is 333 g/mol. The van der Waals surface area contributed by atoms with Gasteiger partial charge >= 0.3 is 0 Å². The van der Waals surface area contributed by atoms with Crippen LogP contribution < -0.4 is 11.1 Å². The number of primary amides is 1. The van der Waals surface area contributed by atoms with Crippen LogP contribution in [0.5, 0.6) is 0 Å². The monoisotopic (exact) mass is 333 g/mol. The Kier molecular flexibility index (Phi) is 5.96. The second-order valence-electron chi connectivity index (χ2n) is 6.83. The summed E-state index contributed by atoms with van der Waals surface area (Å²) < 4.78 is 0. The Morgan fingerprint density at radius 1 is 1.38 bits per heavy atom. The summed E-state index contributed by atoms with van der Waals surface area (Å²) in [6, 6.07) is 8.22. The van der Waals surface area contributed by atoms with Crippen LogP contribution in [-0.2, 0) is 16.1 Å². The van der Waals surface area contributed by atoms with E-state index in [9.17, 15) is 14.7 Å². The molecule has 2 rings (SSSR count). The Balaban J connectivity index is 1.99. The molecule has 1 fully saturated rings. The molecule has 1 atom stereocenters. The number of nitrogens with one attached hydrogen (secondary N) is 1. The molecule has 1 unspecified atom stereocenters. The molecule has 1 saturated heterocycles. The van der Waals surface area contributed by atoms with Gasteiger partial charge in [-0.3, -0.25) is 9.59 Å². The summed E-state index contributed by atoms with van der Waals surface area (Å²) in [5.41, 5.74) is 5.91. The number of carbonyl (C=O) groups excluding carboxylic acids is 2. The van der Waals surface area contributed by atoms with Gasteiger partial charge in [0.25, 0.3) is 5.91 Å². The molecule has 0 radical (unpaired) electrons. The molecule has 1 aliphatic heterocycles. The summed E-state index contributed by atoms with van der Waals surface area (Å²) in [6.07, 6.45) is 1.12. The predicted molar refractivity (Wildman–Crippen MR) is 92.2 cm³/mol. The fourth-order valence-electron chi connectivity index (χ4n) is 3.00. The van der Waals surface area contributed by atoms with Crippen molar-refractivity contribution in [2.45, 2.75) is 44.8 Å². The Bertz CT molecular complexity index is 586. The van der Waals surface area contributed by atoms with E-state index in [-0.39, 0.29) is 19.0 Å². The third-order valence-electron chi connectivity index (χ3n) is 4.44. The molecule has 0 aromatic heterocycles. The molecule has 24 heavy (non-hydrogen) atoms. The van der Waals surface area contributed by atoms with E-state index in [0.717, 1.165) is 12.0 Å². The first-order valence-electron chi connectivity index (χ1n) is 8.41. The highest BCUT2D eigenvalue weighted by atomic mass is 16.3. The van der Waals surface area contributed by atoms with Gasteiger partial charge in [-0.25, -0.2) is 0 Å². The highest BCUT2D eigenvalue weighted by Gasteiger charge is 2.41. The van der Waals surface area contributed by atoms with Crippen molar-refractivity contribution in [3.63, 3.8) is 0 Å². The smallest absolute Gasteiger partial charge is 0.256 e. The molecule has 4 N–H and O–H groups in total. The van der Waals surface area contributed by atoms with Gasteiger partial charge in [0.05, 0.1) is 6.54 Å². The van der Waals surface area contributed by atoms with Crippen LogP contribution in [0.15, 0.2) is 24.3 Å². The number of piperidine rings is 1. The van der Waals surface area contributed by atoms with Crippen LogP contribution in [0.25, 0.3) is 0 Å². The van der Waals surface area contributed by atoms with E-state index in [2.05, 4.69) is 31.3 Å². The van der Waals surface area contributed by atoms with E-state index in [0.29, 0.717) is 25.4 Å². The van der Waals surface area contributed by atoms with Crippen molar-refractivity contribution in [2.75, 3.05) is 19.6 Å². The lowest BCUT2D eigenvalue weighted by atomic mass is 9.91. The number of likely N-dealkylation sites (tertiary alicyclic amines) is 1. The van der Waals surface area contributed by atoms with E-state index >= 15 is 0 Å². The first-order chi connectivity index (χ1) is 11.3. The number of hydrogen-bond donors (Lipinski definition) is 3. The number of hydrogen-bond acceptors (Lipinski definition) is 4. The van der Waals surface area contributed by atoms with Crippen LogP contribution in [0.1, 0.15) is 43.7 Å². The van der Waals surface area contributed by atoms with Crippen molar-refractivity contribution in [2.24, 2.45) is 5.73 Å². The topological polar surface area (TPSA) is 95.7 Å². The number of benzene rings is 1. The average Bonchev–Trinajstić information content (AvgIpc) is 2.52. The molecular weight excluding hydrogens is 306 g/mol. The molecule has 0 aliphatic carbocycles. The molecule has 1 aromatic carbocycles. The molecule has 1 aromatic rings. The normalized spacial score (nSPS) is 21.3. The summed E-state index contributed by atoms with van der Waals surface area (Å²) >= 11 is 0. The van der Waals surface area contributed by atoms with Crippen molar-refractivity contribution in [1.82, 2.24) is 10.2 Å². The SMILES string of the molecule is CC(C)c1ccc(CN2CCCC(O)(CNCC(N)=O)C2=O)cc1. The van der Waals surface area contributed by atoms with Gasteiger partial charge in [0.15, 0.2) is 5.60 Å². The lowest BCUT2D eigenvalue weighted by molar-refractivity contribution is -0.157. The zero-order valence-corrected chi connectivity index (χ0v) is 14.4. The zero-order valence-electron chi connectivity index (χ0n) is 14.4. The summed E-state index contributed by atoms with van der Waals surface area (Å²) in [6.45, 7) is 5.38. The van der Waals surface area contributed by atoms with Crippen LogP contribution in [0.3, 0.4) is 0 Å². The molecule has 6 nitrogen and oxygen atoms in total. The molecule has 0 saturated carbocycles. The fraction of sp³-hybridized carbons (Fsp3) is 0.556. The lowest BCUT2D eigenvalue weighted by Gasteiger charge is -2.38. The van der Waals surface area contributed by atoms with Gasteiger partial charge in [-0.2, -0.15) is 0 Å². The van der Waals surface area contributed by atoms with E-state index in [1.165, 1.54) is 5.56 Å². The number of carbonyl (C=O) groups is 2. The first kappa shape index (κ1) is 18.4. The van der Waals surface area contributed by atoms with Gasteiger partial charge in [-0.1, -0.05) is 38.1 Å². The number of nitrogens with two attached hydrogens (primary N) is 1. The van der Waals surface area contributed by atoms with Gasteiger partial charge in [0.2, 0.25) is 5.91 Å². The van der Waals surface area contributed by atoms with Gasteiger partial charge < -0.3 is 21.1 Å². The van der Waals surface area contributed by atoms with Gasteiger partial charge in [0, 0.05) is 19.6 Å². The van der Waals surface area contributed by atoms with Crippen LogP contribution in [0, 0.1) is 0 Å². The van der Waals surface area contributed by atoms with Crippen LogP contribution >= 0.6 is 0 Å². The zero-order chi connectivity index (χ0) is 17.7. The van der Waals surface area contributed by atoms with Gasteiger partial charge in [-0.15, -0.1) is 0 Å². The highest BCUT2D eigenvalue weighted by Crippen LogP contribution is 2.24. The Labute approximate surface area is 143 Å².